The Morgan fingerprint density at radius 3 is 1.56 bits per heavy atom. The molecule has 0 bridgehead atoms. The summed E-state index contributed by atoms with van der Waals surface area (Å²) in [5.74, 6) is 0.662. The van der Waals surface area contributed by atoms with E-state index in [1.165, 1.54) is 0 Å². The fraction of sp³-hybridized carbons (Fsp3) is 1.00. The maximum atomic E-state index is 5.74. The van der Waals surface area contributed by atoms with Crippen molar-refractivity contribution in [2.45, 2.75) is 30.9 Å². The first kappa shape index (κ1) is 17.1. The predicted octanol–water partition coefficient (Wildman–Crippen LogP) is 2.45. The molecule has 0 saturated heterocycles. The van der Waals surface area contributed by atoms with Crippen LogP contribution in [0.3, 0.4) is 0 Å². The first-order valence-electron chi connectivity index (χ1n) is 5.47. The van der Waals surface area contributed by atoms with Gasteiger partial charge in [-0.05, 0) is 32.9 Å². The van der Waals surface area contributed by atoms with Crippen LogP contribution < -0.4 is 0 Å². The van der Waals surface area contributed by atoms with Gasteiger partial charge in [-0.3, -0.25) is 0 Å². The molecule has 0 atom stereocenters. The highest BCUT2D eigenvalue weighted by atomic mass is 32.2. The molecule has 0 aliphatic heterocycles. The summed E-state index contributed by atoms with van der Waals surface area (Å²) < 4.78 is 16.5. The molecule has 0 unspecified atom stereocenters. The van der Waals surface area contributed by atoms with E-state index in [9.17, 15) is 0 Å². The van der Waals surface area contributed by atoms with E-state index >= 15 is 0 Å². The molecule has 0 aliphatic carbocycles. The van der Waals surface area contributed by atoms with Gasteiger partial charge < -0.3 is 13.3 Å². The Labute approximate surface area is 116 Å². The number of thiol groups is 3. The Morgan fingerprint density at radius 1 is 0.938 bits per heavy atom. The molecule has 7 heteroatoms. The van der Waals surface area contributed by atoms with E-state index in [0.29, 0.717) is 32.0 Å². The maximum absolute atomic E-state index is 5.74. The highest BCUT2D eigenvalue weighted by Crippen LogP contribution is 2.37. The fourth-order valence-electron chi connectivity index (χ4n) is 1.35. The van der Waals surface area contributed by atoms with E-state index in [4.69, 9.17) is 13.3 Å². The summed E-state index contributed by atoms with van der Waals surface area (Å²) in [5.41, 5.74) is 0. The zero-order valence-corrected chi connectivity index (χ0v) is 13.8. The van der Waals surface area contributed by atoms with Crippen molar-refractivity contribution in [2.24, 2.45) is 0 Å². The van der Waals surface area contributed by atoms with Crippen molar-refractivity contribution >= 4 is 46.7 Å². The summed E-state index contributed by atoms with van der Waals surface area (Å²) in [7, 11) is -2.86. The lowest BCUT2D eigenvalue weighted by molar-refractivity contribution is 0.0667. The second-order valence-electron chi connectivity index (χ2n) is 3.15. The summed E-state index contributed by atoms with van der Waals surface area (Å²) in [6.45, 7) is 7.33. The van der Waals surface area contributed by atoms with E-state index in [1.54, 1.807) is 0 Å². The summed E-state index contributed by atoms with van der Waals surface area (Å²) >= 11 is 13.3. The van der Waals surface area contributed by atoms with Gasteiger partial charge in [-0.1, -0.05) is 0 Å². The molecular weight excluding hydrogens is 280 g/mol. The molecule has 3 nitrogen and oxygen atoms in total. The minimum atomic E-state index is -2.86. The molecule has 0 spiro atoms. The maximum Gasteiger partial charge on any atom is 0.528 e. The van der Waals surface area contributed by atoms with Crippen LogP contribution in [0.5, 0.6) is 0 Å². The molecule has 0 aliphatic rings. The van der Waals surface area contributed by atoms with Gasteiger partial charge in [-0.25, -0.2) is 0 Å². The van der Waals surface area contributed by atoms with Gasteiger partial charge in [-0.2, -0.15) is 37.9 Å². The number of hydrogen-bond acceptors (Lipinski definition) is 6. The quantitative estimate of drug-likeness (QED) is 0.347. The highest BCUT2D eigenvalue weighted by Gasteiger charge is 2.57. The van der Waals surface area contributed by atoms with Gasteiger partial charge in [0, 0.05) is 19.8 Å². The molecule has 0 N–H and O–H groups in total. The van der Waals surface area contributed by atoms with E-state index in [1.807, 2.05) is 20.8 Å². The van der Waals surface area contributed by atoms with E-state index in [-0.39, 0.29) is 0 Å². The van der Waals surface area contributed by atoms with Crippen LogP contribution in [0.25, 0.3) is 0 Å². The first-order chi connectivity index (χ1) is 7.49. The molecule has 0 aromatic rings. The van der Waals surface area contributed by atoms with E-state index in [2.05, 4.69) is 37.9 Å². The first-order valence-corrected chi connectivity index (χ1v) is 8.72. The topological polar surface area (TPSA) is 27.7 Å². The van der Waals surface area contributed by atoms with Crippen molar-refractivity contribution < 1.29 is 13.3 Å². The lowest BCUT2D eigenvalue weighted by atomic mass is 10.5. The standard InChI is InChI=1S/C9H22O3S3Si/c1-4-10-16(11-5-2,12-6-3)9(14,15)7-8-13/h13-15H,4-8H2,1-3H3. The van der Waals surface area contributed by atoms with Gasteiger partial charge in [0.25, 0.3) is 0 Å². The van der Waals surface area contributed by atoms with Gasteiger partial charge in [0.1, 0.15) is 3.70 Å². The second-order valence-corrected chi connectivity index (χ2v) is 9.15. The van der Waals surface area contributed by atoms with Crippen LogP contribution in [-0.4, -0.2) is 38.1 Å². The average molecular weight is 303 g/mol. The lowest BCUT2D eigenvalue weighted by Gasteiger charge is -2.38. The summed E-state index contributed by atoms with van der Waals surface area (Å²) in [5, 5.41) is 0. The molecule has 0 amide bonds. The van der Waals surface area contributed by atoms with Crippen LogP contribution >= 0.6 is 37.9 Å². The molecule has 0 aromatic heterocycles. The number of rotatable bonds is 9. The van der Waals surface area contributed by atoms with Crippen molar-refractivity contribution in [1.29, 1.82) is 0 Å². The molecule has 0 aromatic carbocycles. The number of hydrogen-bond donors (Lipinski definition) is 3. The predicted molar refractivity (Wildman–Crippen MR) is 79.8 cm³/mol. The Morgan fingerprint density at radius 2 is 1.31 bits per heavy atom. The second kappa shape index (κ2) is 8.28. The molecule has 0 radical (unpaired) electrons. The Kier molecular flexibility index (Phi) is 8.88. The zero-order chi connectivity index (χ0) is 12.7. The van der Waals surface area contributed by atoms with Crippen molar-refractivity contribution in [2.75, 3.05) is 25.6 Å². The SMILES string of the molecule is CCO[Si](OCC)(OCC)C(S)(S)CCS. The zero-order valence-electron chi connectivity index (χ0n) is 10.1. The van der Waals surface area contributed by atoms with Crippen molar-refractivity contribution in [1.82, 2.24) is 0 Å². The van der Waals surface area contributed by atoms with E-state index in [0.717, 1.165) is 0 Å². The third-order valence-electron chi connectivity index (χ3n) is 1.95. The molecule has 0 heterocycles. The van der Waals surface area contributed by atoms with Gasteiger partial charge in [0.15, 0.2) is 0 Å². The third kappa shape index (κ3) is 4.43. The smallest absolute Gasteiger partial charge is 0.372 e. The molecule has 98 valence electrons. The van der Waals surface area contributed by atoms with Crippen LogP contribution in [-0.2, 0) is 13.3 Å². The van der Waals surface area contributed by atoms with Gasteiger partial charge in [-0.15, -0.1) is 0 Å². The van der Waals surface area contributed by atoms with E-state index < -0.39 is 12.5 Å². The highest BCUT2D eigenvalue weighted by molar-refractivity contribution is 8.03. The Bertz CT molecular complexity index is 176. The largest absolute Gasteiger partial charge is 0.528 e. The Hall–Kier alpha value is 1.15. The summed E-state index contributed by atoms with van der Waals surface area (Å²) in [6, 6.07) is 0. The normalized spacial score (nSPS) is 13.1. The average Bonchev–Trinajstić information content (AvgIpc) is 2.18. The molecule has 0 fully saturated rings. The lowest BCUT2D eigenvalue weighted by Crippen LogP contribution is -2.60. The molecule has 16 heavy (non-hydrogen) atoms. The van der Waals surface area contributed by atoms with Crippen molar-refractivity contribution in [3.63, 3.8) is 0 Å². The van der Waals surface area contributed by atoms with Gasteiger partial charge in [0.2, 0.25) is 0 Å². The minimum absolute atomic E-state index is 0.529. The summed E-state index contributed by atoms with van der Waals surface area (Å²) in [6.07, 6.45) is 0.661. The van der Waals surface area contributed by atoms with Gasteiger partial charge in [0.05, 0.1) is 0 Å². The molecule has 0 saturated carbocycles. The van der Waals surface area contributed by atoms with Crippen LogP contribution in [0, 0.1) is 0 Å². The third-order valence-corrected chi connectivity index (χ3v) is 7.50. The van der Waals surface area contributed by atoms with Crippen LogP contribution in [0.15, 0.2) is 0 Å². The van der Waals surface area contributed by atoms with Crippen molar-refractivity contribution in [3.8, 4) is 0 Å². The van der Waals surface area contributed by atoms with Crippen LogP contribution in [0.2, 0.25) is 0 Å². The summed E-state index contributed by atoms with van der Waals surface area (Å²) in [4.78, 5) is 0. The van der Waals surface area contributed by atoms with Crippen LogP contribution in [0.4, 0.5) is 0 Å². The van der Waals surface area contributed by atoms with Crippen molar-refractivity contribution in [3.05, 3.63) is 0 Å². The monoisotopic (exact) mass is 302 g/mol. The Balaban J connectivity index is 4.96. The minimum Gasteiger partial charge on any atom is -0.372 e. The fourth-order valence-corrected chi connectivity index (χ4v) is 6.15. The molecule has 0 rings (SSSR count). The van der Waals surface area contributed by atoms with Gasteiger partial charge >= 0.3 is 8.80 Å². The molecular formula is C9H22O3S3Si. The van der Waals surface area contributed by atoms with Crippen LogP contribution in [0.1, 0.15) is 27.2 Å².